The molecule has 0 aromatic heterocycles. The van der Waals surface area contributed by atoms with Crippen LogP contribution in [0.2, 0.25) is 18.1 Å². The highest BCUT2D eigenvalue weighted by Crippen LogP contribution is 2.36. The summed E-state index contributed by atoms with van der Waals surface area (Å²) in [6, 6.07) is 9.51. The van der Waals surface area contributed by atoms with E-state index in [0.717, 1.165) is 5.56 Å². The number of amides is 1. The lowest BCUT2D eigenvalue weighted by Crippen LogP contribution is -2.53. The molecule has 2 rings (SSSR count). The van der Waals surface area contributed by atoms with Gasteiger partial charge in [0, 0.05) is 0 Å². The van der Waals surface area contributed by atoms with Crippen LogP contribution < -0.4 is 0 Å². The van der Waals surface area contributed by atoms with E-state index < -0.39 is 20.7 Å². The quantitative estimate of drug-likeness (QED) is 0.792. The number of nitrogens with zero attached hydrogens (tertiary/aromatic N) is 1. The van der Waals surface area contributed by atoms with E-state index in [2.05, 4.69) is 33.9 Å². The largest absolute Gasteiger partial charge is 0.445 e. The zero-order valence-electron chi connectivity index (χ0n) is 16.4. The van der Waals surface area contributed by atoms with Gasteiger partial charge in [0.05, 0.1) is 19.7 Å². The third kappa shape index (κ3) is 5.80. The van der Waals surface area contributed by atoms with Crippen LogP contribution in [0.3, 0.4) is 0 Å². The van der Waals surface area contributed by atoms with Gasteiger partial charge >= 0.3 is 6.09 Å². The van der Waals surface area contributed by atoms with Gasteiger partial charge in [0.1, 0.15) is 12.7 Å². The second kappa shape index (κ2) is 8.52. The molecular formula is C19H31NO5Si. The van der Waals surface area contributed by atoms with Gasteiger partial charge in [-0.2, -0.15) is 0 Å². The van der Waals surface area contributed by atoms with Crippen molar-refractivity contribution in [1.29, 1.82) is 0 Å². The molecule has 7 heteroatoms. The summed E-state index contributed by atoms with van der Waals surface area (Å²) in [5, 5.41) is 10.0. The van der Waals surface area contributed by atoms with E-state index in [9.17, 15) is 9.90 Å². The van der Waals surface area contributed by atoms with Crippen LogP contribution in [0.4, 0.5) is 4.79 Å². The highest BCUT2D eigenvalue weighted by molar-refractivity contribution is 6.74. The van der Waals surface area contributed by atoms with Gasteiger partial charge in [-0.15, -0.1) is 0 Å². The SMILES string of the molecule is CC(C)(C)[Si](C)(C)OC[C@H]1CN(C(=O)OCc2ccccc2)CC(O)O1. The molecule has 1 saturated heterocycles. The van der Waals surface area contributed by atoms with E-state index >= 15 is 0 Å². The molecule has 1 N–H and O–H groups in total. The molecular weight excluding hydrogens is 350 g/mol. The molecule has 0 spiro atoms. The predicted octanol–water partition coefficient (Wildman–Crippen LogP) is 3.36. The Kier molecular flexibility index (Phi) is 6.84. The molecule has 1 unspecified atom stereocenters. The summed E-state index contributed by atoms with van der Waals surface area (Å²) in [4.78, 5) is 13.8. The van der Waals surface area contributed by atoms with Crippen LogP contribution in [0.5, 0.6) is 0 Å². The number of carbonyl (C=O) groups excluding carboxylic acids is 1. The number of aliphatic hydroxyl groups excluding tert-OH is 1. The molecule has 1 aliphatic rings. The van der Waals surface area contributed by atoms with Crippen molar-refractivity contribution in [3.05, 3.63) is 35.9 Å². The minimum atomic E-state index is -1.92. The number of aliphatic hydroxyl groups is 1. The van der Waals surface area contributed by atoms with Gasteiger partial charge in [0.15, 0.2) is 14.6 Å². The Morgan fingerprint density at radius 2 is 1.92 bits per heavy atom. The number of rotatable bonds is 5. The van der Waals surface area contributed by atoms with Crippen LogP contribution in [0.25, 0.3) is 0 Å². The zero-order valence-corrected chi connectivity index (χ0v) is 17.4. The molecule has 0 radical (unpaired) electrons. The Bertz CT molecular complexity index is 587. The Balaban J connectivity index is 1.87. The molecule has 1 aromatic carbocycles. The predicted molar refractivity (Wildman–Crippen MR) is 102 cm³/mol. The van der Waals surface area contributed by atoms with E-state index in [1.54, 1.807) is 0 Å². The van der Waals surface area contributed by atoms with Crippen LogP contribution in [0.1, 0.15) is 26.3 Å². The molecule has 1 fully saturated rings. The van der Waals surface area contributed by atoms with Crippen molar-refractivity contribution in [2.75, 3.05) is 19.7 Å². The van der Waals surface area contributed by atoms with Gasteiger partial charge in [-0.3, -0.25) is 0 Å². The average molecular weight is 382 g/mol. The molecule has 1 aliphatic heterocycles. The first kappa shape index (κ1) is 20.9. The molecule has 0 aliphatic carbocycles. The Morgan fingerprint density at radius 1 is 1.27 bits per heavy atom. The zero-order chi connectivity index (χ0) is 19.4. The van der Waals surface area contributed by atoms with Crippen LogP contribution >= 0.6 is 0 Å². The Labute approximate surface area is 157 Å². The van der Waals surface area contributed by atoms with Gasteiger partial charge < -0.3 is 23.9 Å². The van der Waals surface area contributed by atoms with Crippen molar-refractivity contribution in [2.24, 2.45) is 0 Å². The molecule has 2 atom stereocenters. The number of β-amino-alcohol motifs (C(OH)–C–C–N with tert-alkyl or cyclic N) is 1. The monoisotopic (exact) mass is 381 g/mol. The summed E-state index contributed by atoms with van der Waals surface area (Å²) in [6.07, 6.45) is -1.84. The van der Waals surface area contributed by atoms with E-state index in [-0.39, 0.29) is 24.3 Å². The Morgan fingerprint density at radius 3 is 2.54 bits per heavy atom. The molecule has 0 saturated carbocycles. The Hall–Kier alpha value is -1.41. The third-order valence-electron chi connectivity index (χ3n) is 5.05. The lowest BCUT2D eigenvalue weighted by atomic mass is 10.2. The van der Waals surface area contributed by atoms with Crippen molar-refractivity contribution in [1.82, 2.24) is 4.90 Å². The van der Waals surface area contributed by atoms with Gasteiger partial charge in [-0.1, -0.05) is 51.1 Å². The van der Waals surface area contributed by atoms with Gasteiger partial charge in [0.25, 0.3) is 0 Å². The average Bonchev–Trinajstić information content (AvgIpc) is 2.57. The third-order valence-corrected chi connectivity index (χ3v) is 9.55. The standard InChI is InChI=1S/C19H31NO5Si/c1-19(2,3)26(4,5)24-14-16-11-20(12-17(21)25-16)18(22)23-13-15-9-7-6-8-10-15/h6-10,16-17,21H,11-14H2,1-5H3/t16-,17?/m1/s1. The molecule has 1 heterocycles. The number of benzene rings is 1. The molecule has 26 heavy (non-hydrogen) atoms. The topological polar surface area (TPSA) is 68.2 Å². The number of morpholine rings is 1. The lowest BCUT2D eigenvalue weighted by Gasteiger charge is -2.40. The van der Waals surface area contributed by atoms with Gasteiger partial charge in [-0.05, 0) is 23.7 Å². The van der Waals surface area contributed by atoms with Crippen molar-refractivity contribution < 1.29 is 23.8 Å². The summed E-state index contributed by atoms with van der Waals surface area (Å²) in [7, 11) is -1.92. The van der Waals surface area contributed by atoms with E-state index in [1.807, 2.05) is 30.3 Å². The first-order valence-electron chi connectivity index (χ1n) is 9.01. The molecule has 1 amide bonds. The summed E-state index contributed by atoms with van der Waals surface area (Å²) < 4.78 is 17.1. The maximum atomic E-state index is 12.3. The van der Waals surface area contributed by atoms with Crippen molar-refractivity contribution in [3.8, 4) is 0 Å². The molecule has 1 aromatic rings. The summed E-state index contributed by atoms with van der Waals surface area (Å²) in [5.41, 5.74) is 0.924. The van der Waals surface area contributed by atoms with Crippen LogP contribution in [-0.2, 0) is 20.5 Å². The lowest BCUT2D eigenvalue weighted by molar-refractivity contribution is -0.185. The van der Waals surface area contributed by atoms with E-state index in [0.29, 0.717) is 13.2 Å². The van der Waals surface area contributed by atoms with E-state index in [1.165, 1.54) is 4.90 Å². The van der Waals surface area contributed by atoms with Crippen LogP contribution in [0, 0.1) is 0 Å². The first-order chi connectivity index (χ1) is 12.1. The summed E-state index contributed by atoms with van der Waals surface area (Å²) >= 11 is 0. The smallest absolute Gasteiger partial charge is 0.410 e. The fourth-order valence-electron chi connectivity index (χ4n) is 2.39. The highest BCUT2D eigenvalue weighted by atomic mass is 28.4. The highest BCUT2D eigenvalue weighted by Gasteiger charge is 2.39. The van der Waals surface area contributed by atoms with Gasteiger partial charge in [0.2, 0.25) is 0 Å². The van der Waals surface area contributed by atoms with E-state index in [4.69, 9.17) is 13.9 Å². The molecule has 0 bridgehead atoms. The maximum absolute atomic E-state index is 12.3. The minimum Gasteiger partial charge on any atom is -0.445 e. The molecule has 146 valence electrons. The fourth-order valence-corrected chi connectivity index (χ4v) is 3.42. The fraction of sp³-hybridized carbons (Fsp3) is 0.632. The number of carbonyl (C=O) groups is 1. The number of hydrogen-bond donors (Lipinski definition) is 1. The van der Waals surface area contributed by atoms with Crippen LogP contribution in [0.15, 0.2) is 30.3 Å². The first-order valence-corrected chi connectivity index (χ1v) is 11.9. The molecule has 6 nitrogen and oxygen atoms in total. The second-order valence-electron chi connectivity index (χ2n) is 8.23. The summed E-state index contributed by atoms with van der Waals surface area (Å²) in [5.74, 6) is 0. The number of ether oxygens (including phenoxy) is 2. The van der Waals surface area contributed by atoms with Crippen LogP contribution in [-0.4, -0.2) is 56.5 Å². The van der Waals surface area contributed by atoms with Crippen molar-refractivity contribution in [2.45, 2.75) is 57.9 Å². The minimum absolute atomic E-state index is 0.0918. The normalized spacial score (nSPS) is 21.5. The van der Waals surface area contributed by atoms with Crippen molar-refractivity contribution >= 4 is 14.4 Å². The van der Waals surface area contributed by atoms with Gasteiger partial charge in [-0.25, -0.2) is 4.79 Å². The maximum Gasteiger partial charge on any atom is 0.410 e. The second-order valence-corrected chi connectivity index (χ2v) is 13.0. The number of hydrogen-bond acceptors (Lipinski definition) is 5. The van der Waals surface area contributed by atoms with Crippen molar-refractivity contribution in [3.63, 3.8) is 0 Å². The summed E-state index contributed by atoms with van der Waals surface area (Å²) in [6.45, 7) is 11.9.